The van der Waals surface area contributed by atoms with E-state index >= 15 is 0 Å². The van der Waals surface area contributed by atoms with Crippen molar-refractivity contribution >= 4 is 33.4 Å². The van der Waals surface area contributed by atoms with Crippen LogP contribution < -0.4 is 10.6 Å². The van der Waals surface area contributed by atoms with Crippen molar-refractivity contribution < 1.29 is 14.3 Å². The summed E-state index contributed by atoms with van der Waals surface area (Å²) in [5.74, 6) is -0.466. The van der Waals surface area contributed by atoms with E-state index in [2.05, 4.69) is 26.6 Å². The number of benzene rings is 1. The number of halogens is 1. The van der Waals surface area contributed by atoms with Crippen LogP contribution in [0.4, 0.5) is 5.69 Å². The summed E-state index contributed by atoms with van der Waals surface area (Å²) in [5.41, 5.74) is 1.70. The van der Waals surface area contributed by atoms with Gasteiger partial charge in [-0.25, -0.2) is 0 Å². The van der Waals surface area contributed by atoms with E-state index in [1.807, 2.05) is 25.1 Å². The number of carbonyl (C=O) groups is 2. The first-order chi connectivity index (χ1) is 9.56. The molecule has 2 rings (SSSR count). The predicted octanol–water partition coefficient (Wildman–Crippen LogP) is 1.99. The van der Waals surface area contributed by atoms with Gasteiger partial charge in [-0.15, -0.1) is 0 Å². The summed E-state index contributed by atoms with van der Waals surface area (Å²) in [6.07, 6.45) is 1.21. The Morgan fingerprint density at radius 1 is 1.45 bits per heavy atom. The van der Waals surface area contributed by atoms with Gasteiger partial charge in [0.25, 0.3) is 0 Å². The third-order valence-electron chi connectivity index (χ3n) is 3.11. The Hall–Kier alpha value is -1.40. The molecule has 5 nitrogen and oxygen atoms in total. The number of nitrogens with one attached hydrogen (secondary N) is 2. The van der Waals surface area contributed by atoms with E-state index in [1.165, 1.54) is 0 Å². The molecule has 0 radical (unpaired) electrons. The topological polar surface area (TPSA) is 67.4 Å². The fraction of sp³-hybridized carbons (Fsp3) is 0.429. The van der Waals surface area contributed by atoms with E-state index in [0.717, 1.165) is 28.6 Å². The van der Waals surface area contributed by atoms with E-state index in [0.29, 0.717) is 6.61 Å². The Labute approximate surface area is 126 Å². The maximum absolute atomic E-state index is 11.8. The third kappa shape index (κ3) is 4.05. The first-order valence-corrected chi connectivity index (χ1v) is 7.31. The van der Waals surface area contributed by atoms with Crippen LogP contribution in [-0.2, 0) is 14.3 Å². The molecule has 1 aromatic carbocycles. The highest BCUT2D eigenvalue weighted by molar-refractivity contribution is 9.10. The first-order valence-electron chi connectivity index (χ1n) is 6.51. The number of hydrogen-bond donors (Lipinski definition) is 2. The minimum absolute atomic E-state index is 0.0474. The molecular formula is C14H17BrN2O3. The lowest BCUT2D eigenvalue weighted by Gasteiger charge is -2.11. The fourth-order valence-electron chi connectivity index (χ4n) is 2.03. The van der Waals surface area contributed by atoms with Crippen molar-refractivity contribution in [3.63, 3.8) is 0 Å². The number of anilines is 1. The third-order valence-corrected chi connectivity index (χ3v) is 3.60. The highest BCUT2D eigenvalue weighted by Gasteiger charge is 2.23. The molecule has 0 spiro atoms. The van der Waals surface area contributed by atoms with Crippen molar-refractivity contribution in [1.29, 1.82) is 0 Å². The van der Waals surface area contributed by atoms with E-state index in [-0.39, 0.29) is 18.4 Å². The molecule has 0 aliphatic carbocycles. The Balaban J connectivity index is 1.81. The van der Waals surface area contributed by atoms with Crippen LogP contribution in [-0.4, -0.2) is 31.1 Å². The fourth-order valence-corrected chi connectivity index (χ4v) is 2.50. The maximum Gasteiger partial charge on any atom is 0.249 e. The predicted molar refractivity (Wildman–Crippen MR) is 79.5 cm³/mol. The Bertz CT molecular complexity index is 513. The van der Waals surface area contributed by atoms with Gasteiger partial charge in [-0.05, 0) is 43.5 Å². The molecule has 108 valence electrons. The molecule has 2 N–H and O–H groups in total. The average Bonchev–Trinajstić information content (AvgIpc) is 2.93. The Morgan fingerprint density at radius 2 is 2.25 bits per heavy atom. The molecule has 0 bridgehead atoms. The standard InChI is InChI=1S/C14H17BrN2O3/c1-9-7-10(15)4-5-11(9)17-13(18)8-16-14(19)12-3-2-6-20-12/h4-5,7,12H,2-3,6,8H2,1H3,(H,16,19)(H,17,18)/t12-/m0/s1. The summed E-state index contributed by atoms with van der Waals surface area (Å²) in [6, 6.07) is 5.59. The molecule has 0 aromatic heterocycles. The monoisotopic (exact) mass is 340 g/mol. The van der Waals surface area contributed by atoms with E-state index < -0.39 is 6.10 Å². The second kappa shape index (κ2) is 6.85. The summed E-state index contributed by atoms with van der Waals surface area (Å²) in [5, 5.41) is 5.36. The van der Waals surface area contributed by atoms with Gasteiger partial charge in [0.2, 0.25) is 11.8 Å². The highest BCUT2D eigenvalue weighted by atomic mass is 79.9. The van der Waals surface area contributed by atoms with Crippen LogP contribution in [0.2, 0.25) is 0 Å². The van der Waals surface area contributed by atoms with Gasteiger partial charge < -0.3 is 15.4 Å². The van der Waals surface area contributed by atoms with Gasteiger partial charge in [0.1, 0.15) is 6.10 Å². The minimum atomic E-state index is -0.405. The Kier molecular flexibility index (Phi) is 5.14. The van der Waals surface area contributed by atoms with Crippen molar-refractivity contribution in [3.8, 4) is 0 Å². The lowest BCUT2D eigenvalue weighted by Crippen LogP contribution is -2.39. The number of aryl methyl sites for hydroxylation is 1. The second-order valence-electron chi connectivity index (χ2n) is 4.73. The molecule has 20 heavy (non-hydrogen) atoms. The van der Waals surface area contributed by atoms with Gasteiger partial charge in [-0.1, -0.05) is 15.9 Å². The molecule has 0 saturated carbocycles. The number of amides is 2. The van der Waals surface area contributed by atoms with Crippen LogP contribution >= 0.6 is 15.9 Å². The van der Waals surface area contributed by atoms with Gasteiger partial charge in [0.05, 0.1) is 6.54 Å². The molecule has 1 aliphatic heterocycles. The number of carbonyl (C=O) groups excluding carboxylic acids is 2. The largest absolute Gasteiger partial charge is 0.368 e. The van der Waals surface area contributed by atoms with E-state index in [1.54, 1.807) is 0 Å². The van der Waals surface area contributed by atoms with E-state index in [9.17, 15) is 9.59 Å². The minimum Gasteiger partial charge on any atom is -0.368 e. The molecule has 1 aromatic rings. The zero-order chi connectivity index (χ0) is 14.5. The molecule has 1 atom stereocenters. The molecular weight excluding hydrogens is 324 g/mol. The molecule has 1 fully saturated rings. The van der Waals surface area contributed by atoms with Gasteiger partial charge in [0.15, 0.2) is 0 Å². The normalized spacial score (nSPS) is 17.8. The molecule has 2 amide bonds. The zero-order valence-corrected chi connectivity index (χ0v) is 12.8. The van der Waals surface area contributed by atoms with Gasteiger partial charge in [0, 0.05) is 16.8 Å². The van der Waals surface area contributed by atoms with Crippen LogP contribution in [0.3, 0.4) is 0 Å². The smallest absolute Gasteiger partial charge is 0.249 e. The quantitative estimate of drug-likeness (QED) is 0.880. The molecule has 1 heterocycles. The Morgan fingerprint density at radius 3 is 2.90 bits per heavy atom. The number of hydrogen-bond acceptors (Lipinski definition) is 3. The molecule has 6 heteroatoms. The van der Waals surface area contributed by atoms with Crippen LogP contribution in [0.5, 0.6) is 0 Å². The SMILES string of the molecule is Cc1cc(Br)ccc1NC(=O)CNC(=O)[C@@H]1CCCO1. The lowest BCUT2D eigenvalue weighted by molar-refractivity contribution is -0.131. The van der Waals surface area contributed by atoms with Crippen LogP contribution in [0, 0.1) is 6.92 Å². The van der Waals surface area contributed by atoms with E-state index in [4.69, 9.17) is 4.74 Å². The van der Waals surface area contributed by atoms with Crippen molar-refractivity contribution in [2.45, 2.75) is 25.9 Å². The van der Waals surface area contributed by atoms with Gasteiger partial charge >= 0.3 is 0 Å². The summed E-state index contributed by atoms with van der Waals surface area (Å²) in [4.78, 5) is 23.5. The summed E-state index contributed by atoms with van der Waals surface area (Å²) < 4.78 is 6.21. The first kappa shape index (κ1) is 15.0. The van der Waals surface area contributed by atoms with Crippen molar-refractivity contribution in [2.24, 2.45) is 0 Å². The number of ether oxygens (including phenoxy) is 1. The maximum atomic E-state index is 11.8. The summed E-state index contributed by atoms with van der Waals surface area (Å²) >= 11 is 3.37. The van der Waals surface area contributed by atoms with Gasteiger partial charge in [-0.3, -0.25) is 9.59 Å². The van der Waals surface area contributed by atoms with Crippen LogP contribution in [0.1, 0.15) is 18.4 Å². The number of rotatable bonds is 4. The van der Waals surface area contributed by atoms with Crippen LogP contribution in [0.15, 0.2) is 22.7 Å². The van der Waals surface area contributed by atoms with Crippen molar-refractivity contribution in [2.75, 3.05) is 18.5 Å². The molecule has 0 unspecified atom stereocenters. The highest BCUT2D eigenvalue weighted by Crippen LogP contribution is 2.19. The van der Waals surface area contributed by atoms with Gasteiger partial charge in [-0.2, -0.15) is 0 Å². The van der Waals surface area contributed by atoms with Crippen molar-refractivity contribution in [1.82, 2.24) is 5.32 Å². The summed E-state index contributed by atoms with van der Waals surface area (Å²) in [7, 11) is 0. The average molecular weight is 341 g/mol. The lowest BCUT2D eigenvalue weighted by atomic mass is 10.2. The second-order valence-corrected chi connectivity index (χ2v) is 5.64. The molecule has 1 aliphatic rings. The van der Waals surface area contributed by atoms with Crippen molar-refractivity contribution in [3.05, 3.63) is 28.2 Å². The molecule has 1 saturated heterocycles. The summed E-state index contributed by atoms with van der Waals surface area (Å²) in [6.45, 7) is 2.47. The van der Waals surface area contributed by atoms with Crippen LogP contribution in [0.25, 0.3) is 0 Å². The zero-order valence-electron chi connectivity index (χ0n) is 11.2.